The summed E-state index contributed by atoms with van der Waals surface area (Å²) < 4.78 is 0. The van der Waals surface area contributed by atoms with Gasteiger partial charge in [-0.1, -0.05) is 41.7 Å². The Morgan fingerprint density at radius 1 is 1.39 bits per heavy atom. The third kappa shape index (κ3) is 4.72. The van der Waals surface area contributed by atoms with Crippen molar-refractivity contribution >= 4 is 41.1 Å². The molecule has 18 heavy (non-hydrogen) atoms. The molecule has 1 aromatic rings. The summed E-state index contributed by atoms with van der Waals surface area (Å²) in [6, 6.07) is 9.92. The second kappa shape index (κ2) is 7.94. The predicted molar refractivity (Wildman–Crippen MR) is 81.9 cm³/mol. The minimum atomic E-state index is -0.393. The molecule has 0 aliphatic carbocycles. The quantitative estimate of drug-likeness (QED) is 0.649. The maximum Gasteiger partial charge on any atom is 0.156 e. The van der Waals surface area contributed by atoms with Gasteiger partial charge in [0.2, 0.25) is 0 Å². The third-order valence-corrected chi connectivity index (χ3v) is 4.52. The zero-order chi connectivity index (χ0) is 12.1. The van der Waals surface area contributed by atoms with Gasteiger partial charge in [0.25, 0.3) is 0 Å². The van der Waals surface area contributed by atoms with Crippen LogP contribution in [-0.2, 0) is 0 Å². The molecule has 1 saturated heterocycles. The molecule has 1 aliphatic heterocycles. The van der Waals surface area contributed by atoms with E-state index in [1.807, 2.05) is 35.2 Å². The summed E-state index contributed by atoms with van der Waals surface area (Å²) in [6.07, 6.45) is 0.697. The molecule has 1 aromatic carbocycles. The number of hydrogen-bond acceptors (Lipinski definition) is 4. The van der Waals surface area contributed by atoms with E-state index in [1.165, 1.54) is 11.8 Å². The Hall–Kier alpha value is -0.360. The van der Waals surface area contributed by atoms with Crippen molar-refractivity contribution in [1.82, 2.24) is 4.90 Å². The highest BCUT2D eigenvalue weighted by molar-refractivity contribution is 8.14. The van der Waals surface area contributed by atoms with Crippen molar-refractivity contribution in [3.63, 3.8) is 0 Å². The molecule has 2 rings (SSSR count). The van der Waals surface area contributed by atoms with Crippen molar-refractivity contribution in [3.05, 3.63) is 30.3 Å². The standard InChI is InChI=1S/C12H16N2OS2.ClH/c13-12-14(8-9-16-12)7-6-11(15)17-10-4-2-1-3-5-10;/h1-5,11,13,15H,6-9H2;1H. The minimum Gasteiger partial charge on any atom is -0.382 e. The molecule has 6 heteroatoms. The maximum absolute atomic E-state index is 9.91. The topological polar surface area (TPSA) is 47.3 Å². The third-order valence-electron chi connectivity index (χ3n) is 2.55. The Balaban J connectivity index is 0.00000162. The lowest BCUT2D eigenvalue weighted by Crippen LogP contribution is -2.26. The van der Waals surface area contributed by atoms with Gasteiger partial charge in [-0.05, 0) is 12.1 Å². The SMILES string of the molecule is Cl.N=C1SCCN1CCC(O)Sc1ccccc1. The Kier molecular flexibility index (Phi) is 6.92. The smallest absolute Gasteiger partial charge is 0.156 e. The van der Waals surface area contributed by atoms with Gasteiger partial charge in [0.1, 0.15) is 5.44 Å². The molecule has 1 unspecified atom stereocenters. The van der Waals surface area contributed by atoms with Crippen molar-refractivity contribution in [3.8, 4) is 0 Å². The lowest BCUT2D eigenvalue weighted by Gasteiger charge is -2.18. The van der Waals surface area contributed by atoms with Crippen LogP contribution in [0.1, 0.15) is 6.42 Å². The first-order valence-electron chi connectivity index (χ1n) is 5.62. The molecule has 3 nitrogen and oxygen atoms in total. The van der Waals surface area contributed by atoms with E-state index in [9.17, 15) is 5.11 Å². The highest BCUT2D eigenvalue weighted by Gasteiger charge is 2.18. The normalized spacial score (nSPS) is 16.5. The number of thioether (sulfide) groups is 2. The summed E-state index contributed by atoms with van der Waals surface area (Å²) in [5.41, 5.74) is -0.393. The molecule has 1 atom stereocenters. The first-order valence-corrected chi connectivity index (χ1v) is 7.48. The molecular formula is C12H17ClN2OS2. The molecule has 100 valence electrons. The molecule has 2 N–H and O–H groups in total. The maximum atomic E-state index is 9.91. The first kappa shape index (κ1) is 15.7. The van der Waals surface area contributed by atoms with Crippen LogP contribution in [0.4, 0.5) is 0 Å². The van der Waals surface area contributed by atoms with Gasteiger partial charge in [-0.25, -0.2) is 0 Å². The number of aliphatic hydroxyl groups is 1. The van der Waals surface area contributed by atoms with Crippen LogP contribution in [0.15, 0.2) is 35.2 Å². The van der Waals surface area contributed by atoms with Crippen LogP contribution >= 0.6 is 35.9 Å². The molecular weight excluding hydrogens is 288 g/mol. The lowest BCUT2D eigenvalue weighted by molar-refractivity contribution is 0.238. The molecule has 0 spiro atoms. The van der Waals surface area contributed by atoms with E-state index >= 15 is 0 Å². The molecule has 0 bridgehead atoms. The zero-order valence-electron chi connectivity index (χ0n) is 9.91. The van der Waals surface area contributed by atoms with Gasteiger partial charge in [0.05, 0.1) is 0 Å². The average Bonchev–Trinajstić information content (AvgIpc) is 2.74. The Bertz CT molecular complexity index is 378. The summed E-state index contributed by atoms with van der Waals surface area (Å²) in [4.78, 5) is 3.12. The highest BCUT2D eigenvalue weighted by atomic mass is 35.5. The fourth-order valence-electron chi connectivity index (χ4n) is 1.64. The number of nitrogens with zero attached hydrogens (tertiary/aromatic N) is 1. The predicted octanol–water partition coefficient (Wildman–Crippen LogP) is 2.89. The van der Waals surface area contributed by atoms with Gasteiger partial charge in [-0.3, -0.25) is 5.41 Å². The van der Waals surface area contributed by atoms with Gasteiger partial charge in [-0.15, -0.1) is 12.4 Å². The number of aliphatic hydroxyl groups excluding tert-OH is 1. The van der Waals surface area contributed by atoms with E-state index in [0.717, 1.165) is 23.7 Å². The van der Waals surface area contributed by atoms with E-state index in [1.54, 1.807) is 11.8 Å². The number of benzene rings is 1. The summed E-state index contributed by atoms with van der Waals surface area (Å²) in [6.45, 7) is 1.71. The van der Waals surface area contributed by atoms with Crippen LogP contribution < -0.4 is 0 Å². The molecule has 1 heterocycles. The number of halogens is 1. The van der Waals surface area contributed by atoms with Crippen LogP contribution in [0.3, 0.4) is 0 Å². The van der Waals surface area contributed by atoms with Crippen molar-refractivity contribution in [1.29, 1.82) is 5.41 Å². The van der Waals surface area contributed by atoms with E-state index in [-0.39, 0.29) is 12.4 Å². The zero-order valence-corrected chi connectivity index (χ0v) is 12.4. The summed E-state index contributed by atoms with van der Waals surface area (Å²) in [7, 11) is 0. The van der Waals surface area contributed by atoms with E-state index in [2.05, 4.69) is 0 Å². The fraction of sp³-hybridized carbons (Fsp3) is 0.417. The van der Waals surface area contributed by atoms with Crippen LogP contribution in [0.25, 0.3) is 0 Å². The van der Waals surface area contributed by atoms with Crippen LogP contribution in [0.5, 0.6) is 0 Å². The Labute approximate surface area is 122 Å². The van der Waals surface area contributed by atoms with Crippen LogP contribution in [0.2, 0.25) is 0 Å². The lowest BCUT2D eigenvalue weighted by atomic mass is 10.4. The van der Waals surface area contributed by atoms with Crippen molar-refractivity contribution in [2.75, 3.05) is 18.8 Å². The van der Waals surface area contributed by atoms with Gasteiger partial charge < -0.3 is 10.0 Å². The Morgan fingerprint density at radius 3 is 2.72 bits per heavy atom. The summed E-state index contributed by atoms with van der Waals surface area (Å²) >= 11 is 3.06. The fourth-order valence-corrected chi connectivity index (χ4v) is 3.36. The molecule has 0 amide bonds. The molecule has 0 saturated carbocycles. The second-order valence-corrected chi connectivity index (χ2v) is 6.15. The number of hydrogen-bond donors (Lipinski definition) is 2. The molecule has 1 fully saturated rings. The van der Waals surface area contributed by atoms with E-state index in [0.29, 0.717) is 11.6 Å². The summed E-state index contributed by atoms with van der Waals surface area (Å²) in [5, 5.41) is 18.2. The molecule has 0 aromatic heterocycles. The van der Waals surface area contributed by atoms with E-state index < -0.39 is 5.44 Å². The molecule has 0 radical (unpaired) electrons. The van der Waals surface area contributed by atoms with Gasteiger partial charge in [0.15, 0.2) is 5.17 Å². The van der Waals surface area contributed by atoms with E-state index in [4.69, 9.17) is 5.41 Å². The number of nitrogens with one attached hydrogen (secondary N) is 1. The van der Waals surface area contributed by atoms with Crippen molar-refractivity contribution in [2.45, 2.75) is 16.8 Å². The van der Waals surface area contributed by atoms with Crippen molar-refractivity contribution < 1.29 is 5.11 Å². The molecule has 1 aliphatic rings. The number of amidine groups is 1. The average molecular weight is 305 g/mol. The monoisotopic (exact) mass is 304 g/mol. The minimum absolute atomic E-state index is 0. The van der Waals surface area contributed by atoms with Gasteiger partial charge >= 0.3 is 0 Å². The van der Waals surface area contributed by atoms with Crippen molar-refractivity contribution in [2.24, 2.45) is 0 Å². The summed E-state index contributed by atoms with van der Waals surface area (Å²) in [5.74, 6) is 1.00. The number of rotatable bonds is 5. The van der Waals surface area contributed by atoms with Gasteiger partial charge in [0, 0.05) is 30.2 Å². The first-order chi connectivity index (χ1) is 8.25. The highest BCUT2D eigenvalue weighted by Crippen LogP contribution is 2.24. The Morgan fingerprint density at radius 2 is 2.11 bits per heavy atom. The van der Waals surface area contributed by atoms with Crippen LogP contribution in [-0.4, -0.2) is 39.5 Å². The van der Waals surface area contributed by atoms with Crippen LogP contribution in [0, 0.1) is 5.41 Å². The second-order valence-electron chi connectivity index (χ2n) is 3.81. The largest absolute Gasteiger partial charge is 0.382 e. The van der Waals surface area contributed by atoms with Gasteiger partial charge in [-0.2, -0.15) is 0 Å².